The van der Waals surface area contributed by atoms with Crippen LogP contribution in [0.4, 0.5) is 0 Å². The van der Waals surface area contributed by atoms with Gasteiger partial charge in [-0.15, -0.1) is 11.3 Å². The quantitative estimate of drug-likeness (QED) is 0.651. The summed E-state index contributed by atoms with van der Waals surface area (Å²) < 4.78 is 0. The molecule has 0 unspecified atom stereocenters. The van der Waals surface area contributed by atoms with E-state index in [4.69, 9.17) is 12.2 Å². The Labute approximate surface area is 160 Å². The number of thiocarbonyl (C=S) groups is 1. The van der Waals surface area contributed by atoms with E-state index in [2.05, 4.69) is 65.4 Å². The van der Waals surface area contributed by atoms with Crippen LogP contribution in [-0.2, 0) is 6.42 Å². The first-order chi connectivity index (χ1) is 12.2. The molecule has 0 radical (unpaired) electrons. The summed E-state index contributed by atoms with van der Waals surface area (Å²) in [6.07, 6.45) is 3.66. The van der Waals surface area contributed by atoms with Crippen LogP contribution in [0.5, 0.6) is 0 Å². The Bertz CT molecular complexity index is 636. The normalized spacial score (nSPS) is 17.2. The maximum absolute atomic E-state index is 5.54. The highest BCUT2D eigenvalue weighted by Crippen LogP contribution is 2.20. The predicted molar refractivity (Wildman–Crippen MR) is 110 cm³/mol. The van der Waals surface area contributed by atoms with Gasteiger partial charge in [-0.1, -0.05) is 36.4 Å². The van der Waals surface area contributed by atoms with Crippen LogP contribution in [0.1, 0.15) is 36.2 Å². The second-order valence-electron chi connectivity index (χ2n) is 6.78. The lowest BCUT2D eigenvalue weighted by atomic mass is 10.1. The summed E-state index contributed by atoms with van der Waals surface area (Å²) in [6, 6.07) is 15.8. The van der Waals surface area contributed by atoms with Crippen LogP contribution in [0.3, 0.4) is 0 Å². The summed E-state index contributed by atoms with van der Waals surface area (Å²) in [6.45, 7) is 5.66. The Morgan fingerprint density at radius 3 is 2.60 bits per heavy atom. The monoisotopic (exact) mass is 374 g/mol. The average Bonchev–Trinajstić information content (AvgIpc) is 3.30. The van der Waals surface area contributed by atoms with E-state index in [0.717, 1.165) is 18.1 Å². The minimum Gasteiger partial charge on any atom is -0.362 e. The number of nitrogens with one attached hydrogen (secondary N) is 3. The largest absolute Gasteiger partial charge is 0.362 e. The number of hydrogen-bond acceptors (Lipinski definition) is 2. The topological polar surface area (TPSA) is 28.5 Å². The van der Waals surface area contributed by atoms with Crippen molar-refractivity contribution in [3.8, 4) is 0 Å². The number of benzene rings is 1. The molecule has 1 aromatic heterocycles. The van der Waals surface area contributed by atoms with Crippen LogP contribution in [-0.4, -0.2) is 30.8 Å². The van der Waals surface area contributed by atoms with Crippen molar-refractivity contribution in [2.75, 3.05) is 19.6 Å². The van der Waals surface area contributed by atoms with Gasteiger partial charge in [0, 0.05) is 19.4 Å². The maximum atomic E-state index is 5.54. The summed E-state index contributed by atoms with van der Waals surface area (Å²) >= 11 is 7.40. The second kappa shape index (κ2) is 9.32. The lowest BCUT2D eigenvalue weighted by molar-refractivity contribution is -0.920. The Hall–Kier alpha value is -1.43. The van der Waals surface area contributed by atoms with Gasteiger partial charge in [-0.3, -0.25) is 0 Å². The smallest absolute Gasteiger partial charge is 0.166 e. The highest BCUT2D eigenvalue weighted by molar-refractivity contribution is 7.80. The molecular weight excluding hydrogens is 346 g/mol. The van der Waals surface area contributed by atoms with Crippen molar-refractivity contribution in [1.29, 1.82) is 0 Å². The van der Waals surface area contributed by atoms with Crippen LogP contribution >= 0.6 is 23.6 Å². The van der Waals surface area contributed by atoms with E-state index in [-0.39, 0.29) is 0 Å². The van der Waals surface area contributed by atoms with Gasteiger partial charge < -0.3 is 15.5 Å². The summed E-state index contributed by atoms with van der Waals surface area (Å²) in [5, 5.41) is 9.85. The summed E-state index contributed by atoms with van der Waals surface area (Å²) in [4.78, 5) is 3.15. The molecule has 0 amide bonds. The molecule has 0 aliphatic carbocycles. The van der Waals surface area contributed by atoms with Gasteiger partial charge in [0.2, 0.25) is 0 Å². The zero-order valence-electron chi connectivity index (χ0n) is 14.8. The third kappa shape index (κ3) is 5.27. The Morgan fingerprint density at radius 1 is 1.16 bits per heavy atom. The van der Waals surface area contributed by atoms with Crippen LogP contribution < -0.4 is 15.5 Å². The van der Waals surface area contributed by atoms with Crippen LogP contribution in [0, 0.1) is 0 Å². The molecule has 3 nitrogen and oxygen atoms in total. The molecule has 2 heterocycles. The zero-order chi connectivity index (χ0) is 17.5. The Morgan fingerprint density at radius 2 is 1.92 bits per heavy atom. The van der Waals surface area contributed by atoms with Crippen molar-refractivity contribution in [1.82, 2.24) is 10.6 Å². The molecule has 3 rings (SSSR count). The van der Waals surface area contributed by atoms with Crippen molar-refractivity contribution in [2.24, 2.45) is 0 Å². The average molecular weight is 375 g/mol. The van der Waals surface area contributed by atoms with Crippen LogP contribution in [0.15, 0.2) is 47.8 Å². The molecule has 5 heteroatoms. The second-order valence-corrected chi connectivity index (χ2v) is 8.17. The van der Waals surface area contributed by atoms with Gasteiger partial charge in [-0.25, -0.2) is 0 Å². The molecule has 2 aromatic rings. The lowest BCUT2D eigenvalue weighted by Crippen LogP contribution is -3.11. The molecule has 0 spiro atoms. The molecule has 0 saturated carbocycles. The van der Waals surface area contributed by atoms with Gasteiger partial charge in [-0.05, 0) is 42.6 Å². The highest BCUT2D eigenvalue weighted by atomic mass is 32.1. The number of likely N-dealkylation sites (tertiary alicyclic amines) is 1. The van der Waals surface area contributed by atoms with Gasteiger partial charge in [0.25, 0.3) is 0 Å². The minimum atomic E-state index is 0.323. The van der Waals surface area contributed by atoms with Gasteiger partial charge in [-0.2, -0.15) is 0 Å². The first kappa shape index (κ1) is 18.4. The third-order valence-corrected chi connectivity index (χ3v) is 6.15. The third-order valence-electron chi connectivity index (χ3n) is 4.94. The van der Waals surface area contributed by atoms with Crippen molar-refractivity contribution < 1.29 is 4.90 Å². The van der Waals surface area contributed by atoms with Crippen LogP contribution in [0.25, 0.3) is 0 Å². The summed E-state index contributed by atoms with van der Waals surface area (Å²) in [5.74, 6) is 0. The molecule has 1 saturated heterocycles. The maximum Gasteiger partial charge on any atom is 0.166 e. The molecule has 2 atom stereocenters. The number of hydrogen-bond donors (Lipinski definition) is 3. The van der Waals surface area contributed by atoms with E-state index in [0.29, 0.717) is 12.1 Å². The van der Waals surface area contributed by atoms with E-state index >= 15 is 0 Å². The number of rotatable bonds is 7. The minimum absolute atomic E-state index is 0.323. The van der Waals surface area contributed by atoms with Crippen LogP contribution in [0.2, 0.25) is 0 Å². The molecule has 0 bridgehead atoms. The van der Waals surface area contributed by atoms with E-state index in [9.17, 15) is 0 Å². The van der Waals surface area contributed by atoms with Crippen molar-refractivity contribution in [3.05, 3.63) is 58.3 Å². The van der Waals surface area contributed by atoms with Crippen molar-refractivity contribution in [3.63, 3.8) is 0 Å². The molecular formula is C20H28N3S2+. The molecule has 1 fully saturated rings. The Kier molecular flexibility index (Phi) is 6.84. The molecule has 25 heavy (non-hydrogen) atoms. The summed E-state index contributed by atoms with van der Waals surface area (Å²) in [7, 11) is 0. The fraction of sp³-hybridized carbons (Fsp3) is 0.450. The molecule has 1 aliphatic rings. The fourth-order valence-electron chi connectivity index (χ4n) is 3.72. The van der Waals surface area contributed by atoms with Gasteiger partial charge >= 0.3 is 0 Å². The van der Waals surface area contributed by atoms with Crippen molar-refractivity contribution in [2.45, 2.75) is 38.3 Å². The van der Waals surface area contributed by atoms with Gasteiger partial charge in [0.15, 0.2) is 5.11 Å². The van der Waals surface area contributed by atoms with E-state index in [1.165, 1.54) is 36.4 Å². The Balaban J connectivity index is 1.51. The zero-order valence-corrected chi connectivity index (χ0v) is 16.5. The first-order valence-electron chi connectivity index (χ1n) is 9.20. The number of thiophene rings is 1. The van der Waals surface area contributed by atoms with Gasteiger partial charge in [0.05, 0.1) is 24.0 Å². The van der Waals surface area contributed by atoms with Crippen molar-refractivity contribution >= 4 is 28.7 Å². The SMILES string of the molecule is C[C@@H](NC(=S)NCCc1ccccc1)[C@H](c1cccs1)[NH+]1CCCC1. The summed E-state index contributed by atoms with van der Waals surface area (Å²) in [5.41, 5.74) is 1.34. The first-order valence-corrected chi connectivity index (χ1v) is 10.5. The van der Waals surface area contributed by atoms with E-state index < -0.39 is 0 Å². The highest BCUT2D eigenvalue weighted by Gasteiger charge is 2.33. The number of quaternary nitrogens is 1. The van der Waals surface area contributed by atoms with E-state index in [1.807, 2.05) is 11.3 Å². The van der Waals surface area contributed by atoms with Gasteiger partial charge in [0.1, 0.15) is 6.04 Å². The fourth-order valence-corrected chi connectivity index (χ4v) is 4.99. The predicted octanol–water partition coefficient (Wildman–Crippen LogP) is 2.56. The molecule has 134 valence electrons. The lowest BCUT2D eigenvalue weighted by Gasteiger charge is -2.30. The molecule has 3 N–H and O–H groups in total. The molecule has 1 aromatic carbocycles. The standard InChI is InChI=1S/C20H27N3S2/c1-16(19(18-10-7-15-25-18)23-13-5-6-14-23)22-20(24)21-12-11-17-8-3-2-4-9-17/h2-4,7-10,15-16,19H,5-6,11-14H2,1H3,(H2,21,22,24)/p+1/t16-,19-/m1/s1. The molecule has 1 aliphatic heterocycles. The van der Waals surface area contributed by atoms with E-state index in [1.54, 1.807) is 4.90 Å².